The zero-order chi connectivity index (χ0) is 29.5. The first-order chi connectivity index (χ1) is 20.9. The Hall–Kier alpha value is -4.96. The Morgan fingerprint density at radius 2 is 1.84 bits per heavy atom. The van der Waals surface area contributed by atoms with Crippen molar-refractivity contribution in [1.29, 1.82) is 0 Å². The predicted molar refractivity (Wildman–Crippen MR) is 165 cm³/mol. The van der Waals surface area contributed by atoms with Crippen molar-refractivity contribution in [1.82, 2.24) is 24.4 Å². The molecule has 3 aromatic heterocycles. The lowest BCUT2D eigenvalue weighted by Gasteiger charge is -2.24. The van der Waals surface area contributed by atoms with E-state index in [9.17, 15) is 4.79 Å². The third-order valence-corrected chi connectivity index (χ3v) is 8.02. The third kappa shape index (κ3) is 5.25. The van der Waals surface area contributed by atoms with Crippen LogP contribution in [0.25, 0.3) is 28.0 Å². The SMILES string of the molecule is Cc1cc(-c2nn(-c3ccccc3)cc2/C=c2\sc3nc(C4COc5ccccc5O4)nn3c2=O)ccc1OCC(C)C. The number of hydrogen-bond acceptors (Lipinski definition) is 8. The number of benzene rings is 3. The van der Waals surface area contributed by atoms with E-state index in [4.69, 9.17) is 19.3 Å². The quantitative estimate of drug-likeness (QED) is 0.245. The van der Waals surface area contributed by atoms with E-state index < -0.39 is 6.10 Å². The normalized spacial score (nSPS) is 15.0. The van der Waals surface area contributed by atoms with Crippen LogP contribution in [0.5, 0.6) is 17.2 Å². The van der Waals surface area contributed by atoms with Gasteiger partial charge in [0.05, 0.1) is 16.8 Å². The summed E-state index contributed by atoms with van der Waals surface area (Å²) in [4.78, 5) is 18.6. The van der Waals surface area contributed by atoms with Crippen LogP contribution in [0.3, 0.4) is 0 Å². The molecule has 6 aromatic rings. The monoisotopic (exact) mass is 591 g/mol. The van der Waals surface area contributed by atoms with Crippen molar-refractivity contribution < 1.29 is 14.2 Å². The minimum absolute atomic E-state index is 0.247. The van der Waals surface area contributed by atoms with Gasteiger partial charge in [-0.25, -0.2) is 4.68 Å². The molecule has 3 aromatic carbocycles. The lowest BCUT2D eigenvalue weighted by molar-refractivity contribution is 0.0852. The van der Waals surface area contributed by atoms with Crippen molar-refractivity contribution in [3.8, 4) is 34.2 Å². The van der Waals surface area contributed by atoms with E-state index in [0.717, 1.165) is 33.8 Å². The Balaban J connectivity index is 1.26. The lowest BCUT2D eigenvalue weighted by atomic mass is 10.0. The Kier molecular flexibility index (Phi) is 6.90. The van der Waals surface area contributed by atoms with Gasteiger partial charge in [-0.3, -0.25) is 4.79 Å². The fourth-order valence-electron chi connectivity index (χ4n) is 4.92. The second-order valence-electron chi connectivity index (χ2n) is 10.8. The summed E-state index contributed by atoms with van der Waals surface area (Å²) in [6, 6.07) is 23.4. The van der Waals surface area contributed by atoms with Crippen LogP contribution in [0.2, 0.25) is 0 Å². The molecule has 43 heavy (non-hydrogen) atoms. The molecular formula is C33H29N5O4S. The Morgan fingerprint density at radius 1 is 1.05 bits per heavy atom. The van der Waals surface area contributed by atoms with Gasteiger partial charge in [0.15, 0.2) is 23.4 Å². The van der Waals surface area contributed by atoms with Gasteiger partial charge in [-0.05, 0) is 66.9 Å². The summed E-state index contributed by atoms with van der Waals surface area (Å²) in [5, 5.41) is 9.43. The van der Waals surface area contributed by atoms with E-state index in [0.29, 0.717) is 39.3 Å². The molecule has 1 aliphatic heterocycles. The second kappa shape index (κ2) is 11.0. The van der Waals surface area contributed by atoms with Crippen LogP contribution in [-0.2, 0) is 0 Å². The van der Waals surface area contributed by atoms with Gasteiger partial charge < -0.3 is 14.2 Å². The molecule has 0 amide bonds. The molecule has 0 aliphatic carbocycles. The molecule has 9 nitrogen and oxygen atoms in total. The number of rotatable bonds is 7. The van der Waals surface area contributed by atoms with Crippen LogP contribution in [0.1, 0.15) is 36.9 Å². The zero-order valence-electron chi connectivity index (χ0n) is 23.9. The van der Waals surface area contributed by atoms with E-state index in [2.05, 4.69) is 30.0 Å². The Bertz CT molecular complexity index is 2050. The van der Waals surface area contributed by atoms with Gasteiger partial charge in [-0.1, -0.05) is 55.5 Å². The van der Waals surface area contributed by atoms with Crippen LogP contribution in [0.4, 0.5) is 0 Å². The summed E-state index contributed by atoms with van der Waals surface area (Å²) >= 11 is 1.28. The molecule has 10 heteroatoms. The number of nitrogens with zero attached hydrogens (tertiary/aromatic N) is 5. The van der Waals surface area contributed by atoms with Crippen LogP contribution in [0.15, 0.2) is 83.8 Å². The van der Waals surface area contributed by atoms with Crippen molar-refractivity contribution in [2.45, 2.75) is 26.9 Å². The largest absolute Gasteiger partial charge is 0.493 e. The number of aryl methyl sites for hydroxylation is 1. The van der Waals surface area contributed by atoms with E-state index in [1.54, 1.807) is 0 Å². The summed E-state index contributed by atoms with van der Waals surface area (Å²) < 4.78 is 21.5. The maximum atomic E-state index is 13.5. The highest BCUT2D eigenvalue weighted by atomic mass is 32.1. The highest BCUT2D eigenvalue weighted by Crippen LogP contribution is 2.35. The molecule has 1 unspecified atom stereocenters. The van der Waals surface area contributed by atoms with E-state index in [1.165, 1.54) is 15.9 Å². The Morgan fingerprint density at radius 3 is 2.60 bits per heavy atom. The highest BCUT2D eigenvalue weighted by molar-refractivity contribution is 7.15. The van der Waals surface area contributed by atoms with Crippen LogP contribution < -0.4 is 24.3 Å². The average Bonchev–Trinajstić information content (AvgIpc) is 3.71. The zero-order valence-corrected chi connectivity index (χ0v) is 24.7. The van der Waals surface area contributed by atoms with Gasteiger partial charge in [0.1, 0.15) is 18.1 Å². The van der Waals surface area contributed by atoms with Crippen LogP contribution in [0, 0.1) is 12.8 Å². The molecule has 4 heterocycles. The number of aromatic nitrogens is 5. The number of para-hydroxylation sites is 3. The molecule has 0 N–H and O–H groups in total. The summed E-state index contributed by atoms with van der Waals surface area (Å²) in [6.45, 7) is 7.20. The lowest BCUT2D eigenvalue weighted by Crippen LogP contribution is -2.26. The van der Waals surface area contributed by atoms with Crippen LogP contribution in [-0.4, -0.2) is 37.6 Å². The molecule has 1 atom stereocenters. The molecular weight excluding hydrogens is 562 g/mol. The summed E-state index contributed by atoms with van der Waals surface area (Å²) in [5.74, 6) is 3.01. The number of thiazole rings is 1. The molecule has 1 aliphatic rings. The number of ether oxygens (including phenoxy) is 3. The van der Waals surface area contributed by atoms with Crippen molar-refractivity contribution >= 4 is 22.4 Å². The highest BCUT2D eigenvalue weighted by Gasteiger charge is 2.27. The molecule has 0 saturated carbocycles. The van der Waals surface area contributed by atoms with E-state index in [-0.39, 0.29) is 12.2 Å². The summed E-state index contributed by atoms with van der Waals surface area (Å²) in [5.41, 5.74) is 4.19. The third-order valence-electron chi connectivity index (χ3n) is 7.07. The molecule has 216 valence electrons. The molecule has 0 fully saturated rings. The molecule has 0 spiro atoms. The van der Waals surface area contributed by atoms with Gasteiger partial charge in [-0.2, -0.15) is 14.6 Å². The van der Waals surface area contributed by atoms with Gasteiger partial charge in [-0.15, -0.1) is 5.10 Å². The van der Waals surface area contributed by atoms with Crippen molar-refractivity contribution in [2.24, 2.45) is 5.92 Å². The predicted octanol–water partition coefficient (Wildman–Crippen LogP) is 5.41. The first-order valence-electron chi connectivity index (χ1n) is 14.1. The van der Waals surface area contributed by atoms with Crippen LogP contribution >= 0.6 is 11.3 Å². The molecule has 0 bridgehead atoms. The first-order valence-corrected chi connectivity index (χ1v) is 14.9. The van der Waals surface area contributed by atoms with Gasteiger partial charge in [0.2, 0.25) is 4.96 Å². The minimum Gasteiger partial charge on any atom is -0.493 e. The van der Waals surface area contributed by atoms with E-state index >= 15 is 0 Å². The fraction of sp³-hybridized carbons (Fsp3) is 0.212. The number of fused-ring (bicyclic) bond motifs is 2. The molecule has 7 rings (SSSR count). The smallest absolute Gasteiger partial charge is 0.291 e. The summed E-state index contributed by atoms with van der Waals surface area (Å²) in [6.07, 6.45) is 3.30. The first kappa shape index (κ1) is 26.9. The van der Waals surface area contributed by atoms with Gasteiger partial charge in [0.25, 0.3) is 5.56 Å². The van der Waals surface area contributed by atoms with Crippen molar-refractivity contribution in [2.75, 3.05) is 13.2 Å². The number of hydrogen-bond donors (Lipinski definition) is 0. The molecule has 0 saturated heterocycles. The fourth-order valence-corrected chi connectivity index (χ4v) is 5.82. The Labute approximate surface area is 251 Å². The second-order valence-corrected chi connectivity index (χ2v) is 11.9. The van der Waals surface area contributed by atoms with E-state index in [1.807, 2.05) is 90.6 Å². The standard InChI is InChI=1S/C33H29N5O4S/c1-20(2)18-40-25-14-13-22(15-21(25)3)30-23(17-37(35-30)24-9-5-4-6-10-24)16-29-32(39)38-33(43-29)34-31(36-38)28-19-41-26-11-7-8-12-27(26)42-28/h4-17,20,28H,18-19H2,1-3H3/b29-16-. The topological polar surface area (TPSA) is 92.8 Å². The van der Waals surface area contributed by atoms with Gasteiger partial charge in [0, 0.05) is 17.3 Å². The maximum Gasteiger partial charge on any atom is 0.291 e. The average molecular weight is 592 g/mol. The van der Waals surface area contributed by atoms with Crippen molar-refractivity contribution in [3.05, 3.63) is 111 Å². The maximum absolute atomic E-state index is 13.5. The van der Waals surface area contributed by atoms with Gasteiger partial charge >= 0.3 is 0 Å². The molecule has 0 radical (unpaired) electrons. The minimum atomic E-state index is -0.500. The van der Waals surface area contributed by atoms with Crippen molar-refractivity contribution in [3.63, 3.8) is 0 Å². The summed E-state index contributed by atoms with van der Waals surface area (Å²) in [7, 11) is 0.